The number of benzene rings is 1. The highest BCUT2D eigenvalue weighted by molar-refractivity contribution is 7.10. The van der Waals surface area contributed by atoms with Gasteiger partial charge in [0.1, 0.15) is 0 Å². The molecule has 2 atom stereocenters. The number of aliphatic imine (C=N–C) groups is 1. The van der Waals surface area contributed by atoms with Crippen molar-refractivity contribution >= 4 is 23.3 Å². The monoisotopic (exact) mass is 428 g/mol. The largest absolute Gasteiger partial charge is 0.462 e. The molecule has 2 aromatic rings. The summed E-state index contributed by atoms with van der Waals surface area (Å²) in [5.74, 6) is 1.06. The van der Waals surface area contributed by atoms with Crippen molar-refractivity contribution in [2.24, 2.45) is 10.9 Å². The molecule has 2 unspecified atom stereocenters. The third-order valence-corrected chi connectivity index (χ3v) is 6.47. The Balaban J connectivity index is 1.52. The second-order valence-corrected chi connectivity index (χ2v) is 8.55. The molecule has 7 heteroatoms. The first kappa shape index (κ1) is 22.3. The van der Waals surface area contributed by atoms with Crippen molar-refractivity contribution in [1.82, 2.24) is 15.5 Å². The van der Waals surface area contributed by atoms with Crippen LogP contribution in [0, 0.1) is 5.92 Å². The van der Waals surface area contributed by atoms with Crippen molar-refractivity contribution in [2.75, 3.05) is 33.8 Å². The quantitative estimate of drug-likeness (QED) is 0.400. The van der Waals surface area contributed by atoms with Crippen molar-refractivity contribution in [3.63, 3.8) is 0 Å². The second-order valence-electron chi connectivity index (χ2n) is 7.57. The summed E-state index contributed by atoms with van der Waals surface area (Å²) in [6.45, 7) is 4.86. The summed E-state index contributed by atoms with van der Waals surface area (Å²) >= 11 is 1.84. The number of ether oxygens (including phenoxy) is 1. The number of rotatable bonds is 7. The zero-order valence-corrected chi connectivity index (χ0v) is 18.9. The van der Waals surface area contributed by atoms with E-state index in [-0.39, 0.29) is 5.97 Å². The highest BCUT2D eigenvalue weighted by atomic mass is 32.1. The van der Waals surface area contributed by atoms with Crippen molar-refractivity contribution in [1.29, 1.82) is 0 Å². The molecule has 162 valence electrons. The molecule has 2 heterocycles. The third-order valence-electron chi connectivity index (χ3n) is 5.52. The maximum atomic E-state index is 11.8. The van der Waals surface area contributed by atoms with Gasteiger partial charge in [-0.2, -0.15) is 0 Å². The minimum absolute atomic E-state index is 0.285. The number of nitrogens with zero attached hydrogens (tertiary/aromatic N) is 2. The summed E-state index contributed by atoms with van der Waals surface area (Å²) < 4.78 is 5.03. The Kier molecular flexibility index (Phi) is 8.28. The standard InChI is InChI=1S/C23H32N4O2S/c1-4-29-22(28)18-11-9-17(10-12-18)15-25-23(24-2)26-16-19-7-5-13-27(3)21(19)20-8-6-14-30-20/h6,8-12,14,19,21H,4-5,7,13,15-16H2,1-3H3,(H2,24,25,26). The SMILES string of the molecule is CCOC(=O)c1ccc(CNC(=NC)NCC2CCCN(C)C2c2cccs2)cc1. The Morgan fingerprint density at radius 1 is 1.27 bits per heavy atom. The van der Waals surface area contributed by atoms with Crippen molar-refractivity contribution < 1.29 is 9.53 Å². The predicted octanol–water partition coefficient (Wildman–Crippen LogP) is 3.67. The van der Waals surface area contributed by atoms with Gasteiger partial charge in [0.25, 0.3) is 0 Å². The normalized spacial score (nSPS) is 20.0. The number of carbonyl (C=O) groups excluding carboxylic acids is 1. The van der Waals surface area contributed by atoms with Crippen molar-refractivity contribution in [2.45, 2.75) is 32.4 Å². The van der Waals surface area contributed by atoms with E-state index in [0.717, 1.165) is 24.6 Å². The molecule has 1 aliphatic rings. The van der Waals surface area contributed by atoms with Gasteiger partial charge in [-0.3, -0.25) is 9.89 Å². The Hall–Kier alpha value is -2.38. The van der Waals surface area contributed by atoms with Crippen LogP contribution in [0.25, 0.3) is 0 Å². The van der Waals surface area contributed by atoms with E-state index in [1.165, 1.54) is 17.7 Å². The average Bonchev–Trinajstić information content (AvgIpc) is 3.29. The van der Waals surface area contributed by atoms with Gasteiger partial charge in [-0.25, -0.2) is 4.79 Å². The number of esters is 1. The van der Waals surface area contributed by atoms with Gasteiger partial charge in [-0.05, 0) is 68.4 Å². The number of piperidine rings is 1. The van der Waals surface area contributed by atoms with E-state index in [4.69, 9.17) is 4.74 Å². The minimum Gasteiger partial charge on any atom is -0.462 e. The Labute approximate surface area is 183 Å². The third kappa shape index (κ3) is 5.83. The van der Waals surface area contributed by atoms with Crippen LogP contribution in [0.15, 0.2) is 46.8 Å². The van der Waals surface area contributed by atoms with Gasteiger partial charge in [0.05, 0.1) is 12.2 Å². The first-order chi connectivity index (χ1) is 14.6. The molecule has 0 aliphatic carbocycles. The highest BCUT2D eigenvalue weighted by Crippen LogP contribution is 2.36. The topological polar surface area (TPSA) is 66.0 Å². The first-order valence-corrected chi connectivity index (χ1v) is 11.4. The smallest absolute Gasteiger partial charge is 0.338 e. The van der Waals surface area contributed by atoms with E-state index in [2.05, 4.69) is 45.1 Å². The first-order valence-electron chi connectivity index (χ1n) is 10.6. The van der Waals surface area contributed by atoms with Gasteiger partial charge in [0.2, 0.25) is 0 Å². The molecule has 0 amide bonds. The molecule has 0 spiro atoms. The molecular weight excluding hydrogens is 396 g/mol. The molecule has 2 N–H and O–H groups in total. The Morgan fingerprint density at radius 2 is 2.07 bits per heavy atom. The van der Waals surface area contributed by atoms with E-state index in [1.54, 1.807) is 19.2 Å². The van der Waals surface area contributed by atoms with E-state index < -0.39 is 0 Å². The molecule has 6 nitrogen and oxygen atoms in total. The fourth-order valence-corrected chi connectivity index (χ4v) is 4.97. The van der Waals surface area contributed by atoms with Gasteiger partial charge in [-0.15, -0.1) is 11.3 Å². The maximum Gasteiger partial charge on any atom is 0.338 e. The van der Waals surface area contributed by atoms with Crippen LogP contribution in [0.1, 0.15) is 46.6 Å². The number of likely N-dealkylation sites (tertiary alicyclic amines) is 1. The van der Waals surface area contributed by atoms with Crippen molar-refractivity contribution in [3.8, 4) is 0 Å². The van der Waals surface area contributed by atoms with Crippen molar-refractivity contribution in [3.05, 3.63) is 57.8 Å². The van der Waals surface area contributed by atoms with Gasteiger partial charge >= 0.3 is 5.97 Å². The van der Waals surface area contributed by atoms with Gasteiger partial charge in [0, 0.05) is 31.1 Å². The number of guanidine groups is 1. The lowest BCUT2D eigenvalue weighted by Gasteiger charge is -2.39. The molecule has 30 heavy (non-hydrogen) atoms. The van der Waals surface area contributed by atoms with Crippen LogP contribution in [0.4, 0.5) is 0 Å². The number of hydrogen-bond acceptors (Lipinski definition) is 5. The molecular formula is C23H32N4O2S. The summed E-state index contributed by atoms with van der Waals surface area (Å²) in [6.07, 6.45) is 2.44. The van der Waals surface area contributed by atoms with Crippen LogP contribution in [0.2, 0.25) is 0 Å². The molecule has 0 radical (unpaired) electrons. The fourth-order valence-electron chi connectivity index (χ4n) is 3.99. The molecule has 1 fully saturated rings. The molecule has 1 saturated heterocycles. The Morgan fingerprint density at radius 3 is 2.73 bits per heavy atom. The van der Waals surface area contributed by atoms with E-state index in [9.17, 15) is 4.79 Å². The number of nitrogens with one attached hydrogen (secondary N) is 2. The van der Waals surface area contributed by atoms with E-state index >= 15 is 0 Å². The van der Waals surface area contributed by atoms with Gasteiger partial charge < -0.3 is 15.4 Å². The highest BCUT2D eigenvalue weighted by Gasteiger charge is 2.31. The van der Waals surface area contributed by atoms with Crippen LogP contribution in [0.5, 0.6) is 0 Å². The molecule has 0 saturated carbocycles. The van der Waals surface area contributed by atoms with Crippen LogP contribution >= 0.6 is 11.3 Å². The van der Waals surface area contributed by atoms with Crippen LogP contribution in [-0.2, 0) is 11.3 Å². The lowest BCUT2D eigenvalue weighted by atomic mass is 9.88. The molecule has 3 rings (SSSR count). The molecule has 1 aromatic heterocycles. The Bertz CT molecular complexity index is 820. The van der Waals surface area contributed by atoms with Gasteiger partial charge in [-0.1, -0.05) is 18.2 Å². The summed E-state index contributed by atoms with van der Waals surface area (Å²) in [6, 6.07) is 12.3. The summed E-state index contributed by atoms with van der Waals surface area (Å²) in [4.78, 5) is 20.1. The molecule has 1 aromatic carbocycles. The van der Waals surface area contributed by atoms with E-state index in [1.807, 2.05) is 30.4 Å². The second kappa shape index (κ2) is 11.1. The summed E-state index contributed by atoms with van der Waals surface area (Å²) in [7, 11) is 4.02. The van der Waals surface area contributed by atoms with Crippen LogP contribution in [0.3, 0.4) is 0 Å². The number of hydrogen-bond donors (Lipinski definition) is 2. The fraction of sp³-hybridized carbons (Fsp3) is 0.478. The van der Waals surface area contributed by atoms with Gasteiger partial charge in [0.15, 0.2) is 5.96 Å². The zero-order valence-electron chi connectivity index (χ0n) is 18.1. The number of thiophene rings is 1. The van der Waals surface area contributed by atoms with E-state index in [0.29, 0.717) is 30.7 Å². The lowest BCUT2D eigenvalue weighted by molar-refractivity contribution is 0.0526. The summed E-state index contributed by atoms with van der Waals surface area (Å²) in [5.41, 5.74) is 1.66. The summed E-state index contributed by atoms with van der Waals surface area (Å²) in [5, 5.41) is 9.05. The molecule has 1 aliphatic heterocycles. The maximum absolute atomic E-state index is 11.8. The minimum atomic E-state index is -0.285. The van der Waals surface area contributed by atoms with Crippen LogP contribution < -0.4 is 10.6 Å². The molecule has 0 bridgehead atoms. The van der Waals surface area contributed by atoms with Crippen LogP contribution in [-0.4, -0.2) is 50.6 Å². The zero-order chi connectivity index (χ0) is 21.3. The number of carbonyl (C=O) groups is 1. The predicted molar refractivity (Wildman–Crippen MR) is 123 cm³/mol. The lowest BCUT2D eigenvalue weighted by Crippen LogP contribution is -2.44. The average molecular weight is 429 g/mol.